The molecular weight excluding hydrogens is 244 g/mol. The molecule has 0 atom stereocenters. The predicted molar refractivity (Wildman–Crippen MR) is 76.1 cm³/mol. The van der Waals surface area contributed by atoms with Crippen LogP contribution in [0.3, 0.4) is 0 Å². The average molecular weight is 262 g/mol. The molecular formula is C14H18N2OS. The highest BCUT2D eigenvalue weighted by Crippen LogP contribution is 2.30. The van der Waals surface area contributed by atoms with Gasteiger partial charge in [0.05, 0.1) is 12.3 Å². The van der Waals surface area contributed by atoms with Crippen LogP contribution in [0, 0.1) is 13.8 Å². The van der Waals surface area contributed by atoms with Crippen molar-refractivity contribution in [1.29, 1.82) is 0 Å². The smallest absolute Gasteiger partial charge is 0.125 e. The zero-order chi connectivity index (χ0) is 13.1. The molecule has 1 aromatic carbocycles. The Morgan fingerprint density at radius 3 is 2.44 bits per heavy atom. The maximum absolute atomic E-state index is 5.65. The molecule has 4 heteroatoms. The molecule has 0 saturated heterocycles. The molecule has 0 aliphatic rings. The van der Waals surface area contributed by atoms with Crippen LogP contribution in [0.4, 0.5) is 0 Å². The van der Waals surface area contributed by atoms with Crippen molar-refractivity contribution >= 4 is 11.3 Å². The number of ether oxygens (including phenoxy) is 1. The highest BCUT2D eigenvalue weighted by molar-refractivity contribution is 7.09. The van der Waals surface area contributed by atoms with Crippen LogP contribution in [-0.4, -0.2) is 11.6 Å². The van der Waals surface area contributed by atoms with Crippen LogP contribution < -0.4 is 10.5 Å². The summed E-state index contributed by atoms with van der Waals surface area (Å²) in [6.45, 7) is 7.32. The maximum Gasteiger partial charge on any atom is 0.125 e. The molecule has 18 heavy (non-hydrogen) atoms. The molecule has 1 heterocycles. The number of benzene rings is 1. The lowest BCUT2D eigenvalue weighted by atomic mass is 10.0. The SMILES string of the molecule is CCOc1c(C)cc(-c2csc(CN)n2)cc1C. The summed E-state index contributed by atoms with van der Waals surface area (Å²) >= 11 is 1.60. The third kappa shape index (κ3) is 2.54. The van der Waals surface area contributed by atoms with E-state index in [1.807, 2.05) is 6.92 Å². The molecule has 0 fully saturated rings. The lowest BCUT2D eigenvalue weighted by Gasteiger charge is -2.12. The Morgan fingerprint density at radius 2 is 1.94 bits per heavy atom. The van der Waals surface area contributed by atoms with Crippen molar-refractivity contribution < 1.29 is 4.74 Å². The fourth-order valence-electron chi connectivity index (χ4n) is 2.01. The second kappa shape index (κ2) is 5.50. The second-order valence-electron chi connectivity index (χ2n) is 4.20. The number of nitrogens with two attached hydrogens (primary N) is 1. The molecule has 2 aromatic rings. The van der Waals surface area contributed by atoms with Gasteiger partial charge >= 0.3 is 0 Å². The minimum Gasteiger partial charge on any atom is -0.493 e. The number of aromatic nitrogens is 1. The van der Waals surface area contributed by atoms with Crippen LogP contribution in [0.1, 0.15) is 23.1 Å². The first-order valence-electron chi connectivity index (χ1n) is 6.04. The van der Waals surface area contributed by atoms with Gasteiger partial charge in [0, 0.05) is 17.5 Å². The summed E-state index contributed by atoms with van der Waals surface area (Å²) in [5.41, 5.74) is 10.0. The Labute approximate surface area is 112 Å². The fraction of sp³-hybridized carbons (Fsp3) is 0.357. The van der Waals surface area contributed by atoms with Gasteiger partial charge in [-0.3, -0.25) is 0 Å². The molecule has 1 aromatic heterocycles. The van der Waals surface area contributed by atoms with E-state index in [0.717, 1.165) is 33.1 Å². The number of rotatable bonds is 4. The van der Waals surface area contributed by atoms with Crippen LogP contribution in [0.25, 0.3) is 11.3 Å². The van der Waals surface area contributed by atoms with E-state index in [1.54, 1.807) is 11.3 Å². The van der Waals surface area contributed by atoms with E-state index >= 15 is 0 Å². The van der Waals surface area contributed by atoms with Crippen molar-refractivity contribution in [3.63, 3.8) is 0 Å². The first-order valence-corrected chi connectivity index (χ1v) is 6.92. The van der Waals surface area contributed by atoms with Gasteiger partial charge in [-0.2, -0.15) is 0 Å². The summed E-state index contributed by atoms with van der Waals surface area (Å²) in [4.78, 5) is 4.51. The average Bonchev–Trinajstić information content (AvgIpc) is 2.82. The first kappa shape index (κ1) is 13.1. The van der Waals surface area contributed by atoms with Crippen molar-refractivity contribution in [2.45, 2.75) is 27.3 Å². The molecule has 0 spiro atoms. The Hall–Kier alpha value is -1.39. The van der Waals surface area contributed by atoms with Gasteiger partial charge in [0.15, 0.2) is 0 Å². The molecule has 3 nitrogen and oxygen atoms in total. The van der Waals surface area contributed by atoms with E-state index in [2.05, 4.69) is 36.3 Å². The van der Waals surface area contributed by atoms with Crippen molar-refractivity contribution in [3.8, 4) is 17.0 Å². The van der Waals surface area contributed by atoms with Crippen LogP contribution in [0.15, 0.2) is 17.5 Å². The fourth-order valence-corrected chi connectivity index (χ4v) is 2.69. The number of aryl methyl sites for hydroxylation is 2. The third-order valence-corrected chi connectivity index (χ3v) is 3.64. The van der Waals surface area contributed by atoms with E-state index < -0.39 is 0 Å². The van der Waals surface area contributed by atoms with Gasteiger partial charge in [-0.1, -0.05) is 0 Å². The number of thiazole rings is 1. The predicted octanol–water partition coefficient (Wildman–Crippen LogP) is 3.28. The molecule has 0 bridgehead atoms. The molecule has 96 valence electrons. The van der Waals surface area contributed by atoms with Gasteiger partial charge in [0.2, 0.25) is 0 Å². The van der Waals surface area contributed by atoms with Crippen LogP contribution in [0.5, 0.6) is 5.75 Å². The zero-order valence-corrected chi connectivity index (χ0v) is 11.8. The van der Waals surface area contributed by atoms with E-state index in [1.165, 1.54) is 0 Å². The van der Waals surface area contributed by atoms with Gasteiger partial charge in [-0.15, -0.1) is 11.3 Å². The third-order valence-electron chi connectivity index (χ3n) is 2.77. The van der Waals surface area contributed by atoms with Crippen molar-refractivity contribution in [2.24, 2.45) is 5.73 Å². The standard InChI is InChI=1S/C14H18N2OS/c1-4-17-14-9(2)5-11(6-10(14)3)12-8-18-13(7-15)16-12/h5-6,8H,4,7,15H2,1-3H3. The highest BCUT2D eigenvalue weighted by Gasteiger charge is 2.09. The first-order chi connectivity index (χ1) is 8.65. The van der Waals surface area contributed by atoms with E-state index in [0.29, 0.717) is 13.2 Å². The van der Waals surface area contributed by atoms with Crippen LogP contribution in [0.2, 0.25) is 0 Å². The molecule has 0 aliphatic carbocycles. The van der Waals surface area contributed by atoms with Gasteiger partial charge < -0.3 is 10.5 Å². The van der Waals surface area contributed by atoms with Gasteiger partial charge in [0.1, 0.15) is 10.8 Å². The Morgan fingerprint density at radius 1 is 1.28 bits per heavy atom. The summed E-state index contributed by atoms with van der Waals surface area (Å²) in [7, 11) is 0. The topological polar surface area (TPSA) is 48.1 Å². The summed E-state index contributed by atoms with van der Waals surface area (Å²) in [6.07, 6.45) is 0. The molecule has 2 N–H and O–H groups in total. The van der Waals surface area contributed by atoms with Crippen molar-refractivity contribution in [2.75, 3.05) is 6.61 Å². The number of hydrogen-bond acceptors (Lipinski definition) is 4. The highest BCUT2D eigenvalue weighted by atomic mass is 32.1. The zero-order valence-electron chi connectivity index (χ0n) is 11.0. The Balaban J connectivity index is 2.40. The Bertz CT molecular complexity index is 525. The minimum absolute atomic E-state index is 0.500. The van der Waals surface area contributed by atoms with E-state index in [4.69, 9.17) is 10.5 Å². The molecule has 0 unspecified atom stereocenters. The molecule has 0 radical (unpaired) electrons. The van der Waals surface area contributed by atoms with E-state index in [-0.39, 0.29) is 0 Å². The van der Waals surface area contributed by atoms with Gasteiger partial charge in [0.25, 0.3) is 0 Å². The second-order valence-corrected chi connectivity index (χ2v) is 5.15. The summed E-state index contributed by atoms with van der Waals surface area (Å²) in [5, 5.41) is 3.02. The molecule has 0 amide bonds. The van der Waals surface area contributed by atoms with E-state index in [9.17, 15) is 0 Å². The molecule has 2 rings (SSSR count). The lowest BCUT2D eigenvalue weighted by molar-refractivity contribution is 0.335. The quantitative estimate of drug-likeness (QED) is 0.919. The van der Waals surface area contributed by atoms with Gasteiger partial charge in [-0.05, 0) is 44.0 Å². The van der Waals surface area contributed by atoms with Crippen molar-refractivity contribution in [1.82, 2.24) is 4.98 Å². The molecule has 0 aliphatic heterocycles. The van der Waals surface area contributed by atoms with Crippen LogP contribution >= 0.6 is 11.3 Å². The normalized spacial score (nSPS) is 10.7. The van der Waals surface area contributed by atoms with Crippen LogP contribution in [-0.2, 0) is 6.54 Å². The minimum atomic E-state index is 0.500. The monoisotopic (exact) mass is 262 g/mol. The van der Waals surface area contributed by atoms with Crippen molar-refractivity contribution in [3.05, 3.63) is 33.6 Å². The Kier molecular flexibility index (Phi) is 3.99. The van der Waals surface area contributed by atoms with Gasteiger partial charge in [-0.25, -0.2) is 4.98 Å². The lowest BCUT2D eigenvalue weighted by Crippen LogP contribution is -1.98. The largest absolute Gasteiger partial charge is 0.493 e. The number of nitrogens with zero attached hydrogens (tertiary/aromatic N) is 1. The maximum atomic E-state index is 5.65. The summed E-state index contributed by atoms with van der Waals surface area (Å²) in [5.74, 6) is 0.982. The number of hydrogen-bond donors (Lipinski definition) is 1. The summed E-state index contributed by atoms with van der Waals surface area (Å²) < 4.78 is 5.65. The summed E-state index contributed by atoms with van der Waals surface area (Å²) in [6, 6.07) is 4.24. The molecule has 0 saturated carbocycles.